The Bertz CT molecular complexity index is 595. The summed E-state index contributed by atoms with van der Waals surface area (Å²) >= 11 is 0. The molecule has 98 valence electrons. The van der Waals surface area contributed by atoms with Crippen molar-refractivity contribution in [1.29, 1.82) is 0 Å². The quantitative estimate of drug-likeness (QED) is 0.750. The number of sulfonamides is 1. The maximum atomic E-state index is 11.9. The summed E-state index contributed by atoms with van der Waals surface area (Å²) in [6.45, 7) is 1.92. The van der Waals surface area contributed by atoms with Crippen LogP contribution >= 0.6 is 0 Å². The number of carboxylic acid groups (broad SMARTS) is 1. The van der Waals surface area contributed by atoms with Crippen LogP contribution in [0.15, 0.2) is 23.1 Å². The van der Waals surface area contributed by atoms with Gasteiger partial charge in [0.1, 0.15) is 11.3 Å². The summed E-state index contributed by atoms with van der Waals surface area (Å²) in [5, 5.41) is 18.1. The molecule has 1 aliphatic rings. The third-order valence-electron chi connectivity index (χ3n) is 2.92. The number of phenols is 1. The SMILES string of the molecule is CC1CC1NS(=O)(=O)c1ccc(O)c(C(=O)O)c1. The third kappa shape index (κ3) is 2.46. The molecule has 1 fully saturated rings. The van der Waals surface area contributed by atoms with Gasteiger partial charge >= 0.3 is 5.97 Å². The largest absolute Gasteiger partial charge is 0.507 e. The normalized spacial score (nSPS) is 22.7. The topological polar surface area (TPSA) is 104 Å². The molecule has 1 aromatic carbocycles. The number of benzene rings is 1. The molecular formula is C11H13NO5S. The standard InChI is InChI=1S/C11H13NO5S/c1-6-4-9(6)12-18(16,17)7-2-3-10(13)8(5-7)11(14)15/h2-3,5-6,9,12-13H,4H2,1H3,(H,14,15). The number of hydrogen-bond acceptors (Lipinski definition) is 4. The number of aromatic hydroxyl groups is 1. The van der Waals surface area contributed by atoms with Gasteiger partial charge in [-0.3, -0.25) is 0 Å². The van der Waals surface area contributed by atoms with Crippen molar-refractivity contribution in [3.05, 3.63) is 23.8 Å². The molecule has 6 nitrogen and oxygen atoms in total. The van der Waals surface area contributed by atoms with Gasteiger partial charge in [0.2, 0.25) is 10.0 Å². The third-order valence-corrected chi connectivity index (χ3v) is 4.41. The zero-order chi connectivity index (χ0) is 13.5. The van der Waals surface area contributed by atoms with E-state index in [4.69, 9.17) is 5.11 Å². The molecule has 0 bridgehead atoms. The van der Waals surface area contributed by atoms with Crippen LogP contribution in [-0.4, -0.2) is 30.6 Å². The first-order chi connectivity index (χ1) is 8.31. The molecule has 0 amide bonds. The lowest BCUT2D eigenvalue weighted by atomic mass is 10.2. The Morgan fingerprint density at radius 3 is 2.56 bits per heavy atom. The van der Waals surface area contributed by atoms with Gasteiger partial charge in [0.25, 0.3) is 0 Å². The molecule has 0 spiro atoms. The zero-order valence-electron chi connectivity index (χ0n) is 9.62. The van der Waals surface area contributed by atoms with E-state index in [9.17, 15) is 18.3 Å². The van der Waals surface area contributed by atoms with Crippen molar-refractivity contribution < 1.29 is 23.4 Å². The summed E-state index contributed by atoms with van der Waals surface area (Å²) in [7, 11) is -3.73. The second-order valence-electron chi connectivity index (χ2n) is 4.42. The first-order valence-corrected chi connectivity index (χ1v) is 6.88. The van der Waals surface area contributed by atoms with Gasteiger partial charge < -0.3 is 10.2 Å². The molecule has 0 saturated heterocycles. The highest BCUT2D eigenvalue weighted by molar-refractivity contribution is 7.89. The summed E-state index contributed by atoms with van der Waals surface area (Å²) < 4.78 is 26.3. The van der Waals surface area contributed by atoms with Crippen LogP contribution in [0.2, 0.25) is 0 Å². The molecule has 1 saturated carbocycles. The summed E-state index contributed by atoms with van der Waals surface area (Å²) in [4.78, 5) is 10.7. The van der Waals surface area contributed by atoms with E-state index >= 15 is 0 Å². The molecule has 0 heterocycles. The molecule has 3 N–H and O–H groups in total. The lowest BCUT2D eigenvalue weighted by Crippen LogP contribution is -2.27. The fourth-order valence-electron chi connectivity index (χ4n) is 1.61. The van der Waals surface area contributed by atoms with Gasteiger partial charge in [-0.1, -0.05) is 6.92 Å². The van der Waals surface area contributed by atoms with Crippen LogP contribution < -0.4 is 4.72 Å². The second-order valence-corrected chi connectivity index (χ2v) is 6.14. The Morgan fingerprint density at radius 2 is 2.06 bits per heavy atom. The summed E-state index contributed by atoms with van der Waals surface area (Å²) in [5.74, 6) is -1.53. The number of nitrogens with one attached hydrogen (secondary N) is 1. The lowest BCUT2D eigenvalue weighted by Gasteiger charge is -2.07. The van der Waals surface area contributed by atoms with Crippen LogP contribution in [0.3, 0.4) is 0 Å². The van der Waals surface area contributed by atoms with E-state index in [1.807, 2.05) is 6.92 Å². The predicted molar refractivity (Wildman–Crippen MR) is 63.0 cm³/mol. The molecule has 1 aromatic rings. The number of aromatic carboxylic acids is 1. The van der Waals surface area contributed by atoms with Crippen molar-refractivity contribution in [2.24, 2.45) is 5.92 Å². The van der Waals surface area contributed by atoms with E-state index < -0.39 is 27.3 Å². The highest BCUT2D eigenvalue weighted by Gasteiger charge is 2.36. The maximum absolute atomic E-state index is 11.9. The van der Waals surface area contributed by atoms with Crippen LogP contribution in [0.5, 0.6) is 5.75 Å². The molecule has 2 atom stereocenters. The molecular weight excluding hydrogens is 258 g/mol. The van der Waals surface area contributed by atoms with E-state index in [-0.39, 0.29) is 10.9 Å². The van der Waals surface area contributed by atoms with Crippen molar-refractivity contribution >= 4 is 16.0 Å². The summed E-state index contributed by atoms with van der Waals surface area (Å²) in [6, 6.07) is 3.11. The van der Waals surface area contributed by atoms with Gasteiger partial charge in [-0.05, 0) is 30.5 Å². The average molecular weight is 271 g/mol. The van der Waals surface area contributed by atoms with E-state index in [1.165, 1.54) is 6.07 Å². The Labute approximate surface area is 104 Å². The van der Waals surface area contributed by atoms with Crippen molar-refractivity contribution in [1.82, 2.24) is 4.72 Å². The first-order valence-electron chi connectivity index (χ1n) is 5.40. The second kappa shape index (κ2) is 4.25. The molecule has 2 rings (SSSR count). The Balaban J connectivity index is 2.33. The van der Waals surface area contributed by atoms with Crippen molar-refractivity contribution in [2.75, 3.05) is 0 Å². The smallest absolute Gasteiger partial charge is 0.339 e. The highest BCUT2D eigenvalue weighted by Crippen LogP contribution is 2.31. The van der Waals surface area contributed by atoms with Crippen LogP contribution in [0.4, 0.5) is 0 Å². The van der Waals surface area contributed by atoms with Crippen LogP contribution in [0, 0.1) is 5.92 Å². The fraction of sp³-hybridized carbons (Fsp3) is 0.364. The Hall–Kier alpha value is -1.60. The minimum absolute atomic E-state index is 0.0860. The molecule has 0 radical (unpaired) electrons. The van der Waals surface area contributed by atoms with Crippen LogP contribution in [-0.2, 0) is 10.0 Å². The summed E-state index contributed by atoms with van der Waals surface area (Å²) in [5.41, 5.74) is -0.429. The Morgan fingerprint density at radius 1 is 1.44 bits per heavy atom. The molecule has 7 heteroatoms. The number of hydrogen-bond donors (Lipinski definition) is 3. The predicted octanol–water partition coefficient (Wildman–Crippen LogP) is 0.777. The number of rotatable bonds is 4. The molecule has 0 aromatic heterocycles. The van der Waals surface area contributed by atoms with E-state index in [1.54, 1.807) is 0 Å². The molecule has 18 heavy (non-hydrogen) atoms. The van der Waals surface area contributed by atoms with Gasteiger partial charge in [0, 0.05) is 6.04 Å². The van der Waals surface area contributed by atoms with Gasteiger partial charge in [-0.2, -0.15) is 0 Å². The van der Waals surface area contributed by atoms with Gasteiger partial charge in [-0.15, -0.1) is 0 Å². The van der Waals surface area contributed by atoms with Gasteiger partial charge in [0.15, 0.2) is 0 Å². The number of carbonyl (C=O) groups is 1. The van der Waals surface area contributed by atoms with Crippen molar-refractivity contribution in [3.8, 4) is 5.75 Å². The zero-order valence-corrected chi connectivity index (χ0v) is 10.4. The number of carboxylic acids is 1. The van der Waals surface area contributed by atoms with E-state index in [0.29, 0.717) is 5.92 Å². The molecule has 0 aliphatic heterocycles. The van der Waals surface area contributed by atoms with Gasteiger partial charge in [-0.25, -0.2) is 17.9 Å². The molecule has 1 aliphatic carbocycles. The van der Waals surface area contributed by atoms with Crippen LogP contribution in [0.25, 0.3) is 0 Å². The highest BCUT2D eigenvalue weighted by atomic mass is 32.2. The molecule has 2 unspecified atom stereocenters. The average Bonchev–Trinajstić information content (AvgIpc) is 2.92. The first kappa shape index (κ1) is 12.8. The fourth-order valence-corrected chi connectivity index (χ4v) is 2.99. The van der Waals surface area contributed by atoms with E-state index in [0.717, 1.165) is 18.6 Å². The minimum Gasteiger partial charge on any atom is -0.507 e. The lowest BCUT2D eigenvalue weighted by molar-refractivity contribution is 0.0693. The maximum Gasteiger partial charge on any atom is 0.339 e. The Kier molecular flexibility index (Phi) is 3.04. The summed E-state index contributed by atoms with van der Waals surface area (Å²) in [6.07, 6.45) is 0.781. The monoisotopic (exact) mass is 271 g/mol. The van der Waals surface area contributed by atoms with E-state index in [2.05, 4.69) is 4.72 Å². The van der Waals surface area contributed by atoms with Crippen LogP contribution in [0.1, 0.15) is 23.7 Å². The minimum atomic E-state index is -3.73. The van der Waals surface area contributed by atoms with Gasteiger partial charge in [0.05, 0.1) is 4.90 Å². The van der Waals surface area contributed by atoms with Crippen molar-refractivity contribution in [3.63, 3.8) is 0 Å². The van der Waals surface area contributed by atoms with Crippen molar-refractivity contribution in [2.45, 2.75) is 24.3 Å².